The predicted octanol–water partition coefficient (Wildman–Crippen LogP) is 5.07. The third-order valence-corrected chi connectivity index (χ3v) is 4.25. The van der Waals surface area contributed by atoms with E-state index < -0.39 is 12.3 Å². The van der Waals surface area contributed by atoms with Crippen molar-refractivity contribution in [2.75, 3.05) is 11.8 Å². The Morgan fingerprint density at radius 1 is 1.21 bits per heavy atom. The lowest BCUT2D eigenvalue weighted by Gasteiger charge is -2.09. The fourth-order valence-corrected chi connectivity index (χ4v) is 2.86. The molecule has 1 heterocycles. The van der Waals surface area contributed by atoms with Crippen molar-refractivity contribution >= 4 is 23.6 Å². The molecule has 2 N–H and O–H groups in total. The molecule has 0 saturated heterocycles. The topological polar surface area (TPSA) is 93.8 Å². The van der Waals surface area contributed by atoms with Crippen LogP contribution < -0.4 is 14.2 Å². The van der Waals surface area contributed by atoms with E-state index in [1.165, 1.54) is 37.6 Å². The highest BCUT2D eigenvalue weighted by atomic mass is 32.2. The summed E-state index contributed by atoms with van der Waals surface area (Å²) in [6.45, 7) is 0. The fourth-order valence-electron chi connectivity index (χ4n) is 2.25. The number of methoxy groups -OCH3 is 1. The Bertz CT molecular complexity index is 1010. The highest BCUT2D eigenvalue weighted by Gasteiger charge is 2.31. The molecule has 0 aliphatic rings. The van der Waals surface area contributed by atoms with Gasteiger partial charge >= 0.3 is 12.3 Å². The second kappa shape index (κ2) is 8.35. The summed E-state index contributed by atoms with van der Waals surface area (Å²) in [6, 6.07) is 9.46. The Balaban J connectivity index is 1.67. The summed E-state index contributed by atoms with van der Waals surface area (Å²) in [6.07, 6.45) is -3.39. The molecule has 0 fully saturated rings. The van der Waals surface area contributed by atoms with Crippen molar-refractivity contribution in [1.29, 1.82) is 0 Å². The van der Waals surface area contributed by atoms with Crippen molar-refractivity contribution in [3.8, 4) is 23.0 Å². The van der Waals surface area contributed by atoms with Crippen LogP contribution in [0.5, 0.6) is 11.5 Å². The first-order chi connectivity index (χ1) is 13.7. The maximum absolute atomic E-state index is 12.2. The van der Waals surface area contributed by atoms with E-state index in [0.717, 1.165) is 24.1 Å². The Morgan fingerprint density at radius 3 is 2.55 bits per heavy atom. The van der Waals surface area contributed by atoms with Gasteiger partial charge in [0.15, 0.2) is 5.03 Å². The summed E-state index contributed by atoms with van der Waals surface area (Å²) in [5.41, 5.74) is 1.08. The van der Waals surface area contributed by atoms with Crippen molar-refractivity contribution < 1.29 is 37.0 Å². The number of aromatic carboxylic acids is 1. The van der Waals surface area contributed by atoms with Gasteiger partial charge in [-0.25, -0.2) is 9.78 Å². The van der Waals surface area contributed by atoms with Crippen molar-refractivity contribution in [3.63, 3.8) is 0 Å². The van der Waals surface area contributed by atoms with Gasteiger partial charge in [-0.3, -0.25) is 0 Å². The van der Waals surface area contributed by atoms with Crippen LogP contribution >= 0.6 is 11.9 Å². The normalized spacial score (nSPS) is 11.2. The van der Waals surface area contributed by atoms with Crippen molar-refractivity contribution in [3.05, 3.63) is 54.3 Å². The summed E-state index contributed by atoms with van der Waals surface area (Å²) in [5, 5.41) is 9.46. The molecule has 0 radical (unpaired) electrons. The van der Waals surface area contributed by atoms with Gasteiger partial charge in [0.1, 0.15) is 17.8 Å². The Hall–Kier alpha value is -3.34. The van der Waals surface area contributed by atoms with Crippen LogP contribution in [0.2, 0.25) is 0 Å². The standard InChI is InChI=1S/C18H13F3N2O5S/c1-26-14-8-11(17(24)25)4-7-13(14)23-29-15-9-27-16(22-15)10-2-5-12(6-3-10)28-18(19,20)21/h2-9,23H,1H3,(H,24,25). The largest absolute Gasteiger partial charge is 0.573 e. The molecule has 29 heavy (non-hydrogen) atoms. The molecule has 0 bridgehead atoms. The molecule has 0 unspecified atom stereocenters. The first-order valence-corrected chi connectivity index (χ1v) is 8.73. The number of carboxylic acids is 1. The maximum atomic E-state index is 12.2. The number of hydrogen-bond donors (Lipinski definition) is 2. The van der Waals surface area contributed by atoms with Crippen LogP contribution in [0.25, 0.3) is 11.5 Å². The third kappa shape index (κ3) is 5.35. The average molecular weight is 426 g/mol. The molecule has 0 amide bonds. The number of ether oxygens (including phenoxy) is 2. The summed E-state index contributed by atoms with van der Waals surface area (Å²) < 4.78 is 53.9. The van der Waals surface area contributed by atoms with Crippen molar-refractivity contribution in [1.82, 2.24) is 4.98 Å². The lowest BCUT2D eigenvalue weighted by Crippen LogP contribution is -2.16. The second-order valence-electron chi connectivity index (χ2n) is 5.49. The summed E-state index contributed by atoms with van der Waals surface area (Å²) in [7, 11) is 1.41. The number of hydrogen-bond acceptors (Lipinski definition) is 7. The number of oxazole rings is 1. The highest BCUT2D eigenvalue weighted by Crippen LogP contribution is 2.32. The number of rotatable bonds is 7. The van der Waals surface area contributed by atoms with E-state index in [2.05, 4.69) is 14.4 Å². The van der Waals surface area contributed by atoms with E-state index in [4.69, 9.17) is 14.3 Å². The summed E-state index contributed by atoms with van der Waals surface area (Å²) in [5.74, 6) is -0.876. The number of benzene rings is 2. The molecular formula is C18H13F3N2O5S. The molecule has 1 aromatic heterocycles. The number of halogens is 3. The smallest absolute Gasteiger partial charge is 0.495 e. The van der Waals surface area contributed by atoms with Gasteiger partial charge in [0.2, 0.25) is 5.89 Å². The van der Waals surface area contributed by atoms with Crippen LogP contribution in [0.15, 0.2) is 58.2 Å². The Labute approximate surface area is 166 Å². The van der Waals surface area contributed by atoms with Gasteiger partial charge in [-0.2, -0.15) is 0 Å². The highest BCUT2D eigenvalue weighted by molar-refractivity contribution is 8.00. The molecule has 0 aliphatic heterocycles. The molecular weight excluding hydrogens is 413 g/mol. The van der Waals surface area contributed by atoms with Gasteiger partial charge < -0.3 is 23.7 Å². The fraction of sp³-hybridized carbons (Fsp3) is 0.111. The van der Waals surface area contributed by atoms with Gasteiger partial charge in [-0.1, -0.05) is 0 Å². The van der Waals surface area contributed by atoms with Crippen LogP contribution in [0, 0.1) is 0 Å². The van der Waals surface area contributed by atoms with E-state index in [1.54, 1.807) is 6.07 Å². The summed E-state index contributed by atoms with van der Waals surface area (Å²) >= 11 is 1.09. The van der Waals surface area contributed by atoms with E-state index in [9.17, 15) is 18.0 Å². The zero-order valence-electron chi connectivity index (χ0n) is 14.7. The van der Waals surface area contributed by atoms with Crippen LogP contribution in [0.1, 0.15) is 10.4 Å². The summed E-state index contributed by atoms with van der Waals surface area (Å²) in [4.78, 5) is 15.3. The Morgan fingerprint density at radius 2 is 1.93 bits per heavy atom. The molecule has 3 aromatic rings. The monoisotopic (exact) mass is 426 g/mol. The number of carbonyl (C=O) groups is 1. The Kier molecular flexibility index (Phi) is 5.87. The molecule has 3 rings (SSSR count). The number of nitrogens with one attached hydrogen (secondary N) is 1. The molecule has 152 valence electrons. The van der Waals surface area contributed by atoms with Gasteiger partial charge in [0.25, 0.3) is 0 Å². The number of alkyl halides is 3. The van der Waals surface area contributed by atoms with E-state index in [-0.39, 0.29) is 17.2 Å². The van der Waals surface area contributed by atoms with Crippen LogP contribution in [-0.4, -0.2) is 29.5 Å². The van der Waals surface area contributed by atoms with Crippen molar-refractivity contribution in [2.24, 2.45) is 0 Å². The van der Waals surface area contributed by atoms with Crippen LogP contribution in [-0.2, 0) is 0 Å². The zero-order valence-corrected chi connectivity index (χ0v) is 15.5. The van der Waals surface area contributed by atoms with Gasteiger partial charge in [0, 0.05) is 17.5 Å². The molecule has 7 nitrogen and oxygen atoms in total. The molecule has 0 saturated carbocycles. The minimum absolute atomic E-state index is 0.0825. The lowest BCUT2D eigenvalue weighted by molar-refractivity contribution is -0.274. The van der Waals surface area contributed by atoms with Gasteiger partial charge in [-0.05, 0) is 42.5 Å². The quantitative estimate of drug-likeness (QED) is 0.506. The van der Waals surface area contributed by atoms with E-state index >= 15 is 0 Å². The predicted molar refractivity (Wildman–Crippen MR) is 98.1 cm³/mol. The molecule has 0 aliphatic carbocycles. The number of nitrogens with zero attached hydrogens (tertiary/aromatic N) is 1. The SMILES string of the molecule is COc1cc(C(=O)O)ccc1NSc1coc(-c2ccc(OC(F)(F)F)cc2)n1. The number of anilines is 1. The molecule has 0 atom stereocenters. The number of aromatic nitrogens is 1. The van der Waals surface area contributed by atoms with E-state index in [0.29, 0.717) is 22.0 Å². The second-order valence-corrected chi connectivity index (χ2v) is 6.31. The average Bonchev–Trinajstić information content (AvgIpc) is 3.14. The minimum Gasteiger partial charge on any atom is -0.495 e. The maximum Gasteiger partial charge on any atom is 0.573 e. The van der Waals surface area contributed by atoms with Crippen molar-refractivity contribution in [2.45, 2.75) is 11.4 Å². The van der Waals surface area contributed by atoms with Crippen LogP contribution in [0.3, 0.4) is 0 Å². The minimum atomic E-state index is -4.76. The molecule has 0 spiro atoms. The molecule has 2 aromatic carbocycles. The number of carboxylic acid groups (broad SMARTS) is 1. The first kappa shape index (κ1) is 20.4. The molecule has 11 heteroatoms. The first-order valence-electron chi connectivity index (χ1n) is 7.91. The lowest BCUT2D eigenvalue weighted by atomic mass is 10.2. The van der Waals surface area contributed by atoms with Gasteiger partial charge in [0.05, 0.1) is 18.4 Å². The zero-order chi connectivity index (χ0) is 21.0. The van der Waals surface area contributed by atoms with Crippen LogP contribution in [0.4, 0.5) is 18.9 Å². The third-order valence-electron chi connectivity index (χ3n) is 3.53. The van der Waals surface area contributed by atoms with E-state index in [1.807, 2.05) is 0 Å². The van der Waals surface area contributed by atoms with Gasteiger partial charge in [-0.15, -0.1) is 13.2 Å².